The van der Waals surface area contributed by atoms with E-state index in [1.165, 1.54) is 0 Å². The van der Waals surface area contributed by atoms with Crippen LogP contribution in [-0.4, -0.2) is 54.6 Å². The second kappa shape index (κ2) is 9.90. The van der Waals surface area contributed by atoms with Crippen molar-refractivity contribution in [2.45, 2.75) is 24.4 Å². The second-order valence-electron chi connectivity index (χ2n) is 7.90. The van der Waals surface area contributed by atoms with Gasteiger partial charge in [0, 0.05) is 11.9 Å². The Balaban J connectivity index is 1.12. The summed E-state index contributed by atoms with van der Waals surface area (Å²) < 4.78 is 22.8. The van der Waals surface area contributed by atoms with E-state index >= 15 is 0 Å². The summed E-state index contributed by atoms with van der Waals surface area (Å²) in [6.07, 6.45) is -0.499. The van der Waals surface area contributed by atoms with E-state index < -0.39 is 24.4 Å². The first kappa shape index (κ1) is 21.9. The minimum absolute atomic E-state index is 0.183. The summed E-state index contributed by atoms with van der Waals surface area (Å²) in [7, 11) is 0. The van der Waals surface area contributed by atoms with Crippen LogP contribution in [0.15, 0.2) is 79.0 Å². The fraction of sp³-hybridized carbons (Fsp3) is 0.240. The van der Waals surface area contributed by atoms with Crippen molar-refractivity contribution in [2.75, 3.05) is 18.5 Å². The Labute approximate surface area is 196 Å². The van der Waals surface area contributed by atoms with Crippen molar-refractivity contribution < 1.29 is 28.5 Å². The average molecular weight is 461 g/mol. The molecule has 34 heavy (non-hydrogen) atoms. The third-order valence-electron chi connectivity index (χ3n) is 5.56. The summed E-state index contributed by atoms with van der Waals surface area (Å²) >= 11 is 0. The highest BCUT2D eigenvalue weighted by Gasteiger charge is 2.50. The Bertz CT molecular complexity index is 1130. The number of carbonyl (C=O) groups excluding carboxylic acids is 2. The molecule has 0 saturated carbocycles. The van der Waals surface area contributed by atoms with Gasteiger partial charge in [-0.3, -0.25) is 15.1 Å². The van der Waals surface area contributed by atoms with E-state index in [-0.39, 0.29) is 25.2 Å². The molecule has 0 spiro atoms. The third-order valence-corrected chi connectivity index (χ3v) is 5.56. The van der Waals surface area contributed by atoms with Crippen LogP contribution in [0.1, 0.15) is 10.5 Å². The Morgan fingerprint density at radius 2 is 1.59 bits per heavy atom. The number of nitrogens with zero attached hydrogens (tertiary/aromatic N) is 1. The molecule has 3 aromatic rings. The molecular weight excluding hydrogens is 438 g/mol. The zero-order valence-electron chi connectivity index (χ0n) is 18.1. The van der Waals surface area contributed by atoms with Crippen LogP contribution >= 0.6 is 0 Å². The Kier molecular flexibility index (Phi) is 6.37. The quantitative estimate of drug-likeness (QED) is 0.579. The molecule has 9 heteroatoms. The van der Waals surface area contributed by atoms with Crippen molar-refractivity contribution in [1.82, 2.24) is 10.3 Å². The van der Waals surface area contributed by atoms with Crippen LogP contribution in [-0.2, 0) is 14.2 Å². The minimum atomic E-state index is -0.615. The topological polar surface area (TPSA) is 108 Å². The third kappa shape index (κ3) is 5.00. The molecule has 2 aromatic carbocycles. The summed E-state index contributed by atoms with van der Waals surface area (Å²) in [4.78, 5) is 28.9. The van der Waals surface area contributed by atoms with E-state index in [1.807, 2.05) is 30.3 Å². The van der Waals surface area contributed by atoms with Gasteiger partial charge in [0.25, 0.3) is 5.91 Å². The maximum absolute atomic E-state index is 12.4. The second-order valence-corrected chi connectivity index (χ2v) is 7.90. The normalized spacial score (nSPS) is 23.1. The van der Waals surface area contributed by atoms with Gasteiger partial charge in [0.05, 0.1) is 19.3 Å². The summed E-state index contributed by atoms with van der Waals surface area (Å²) in [5.74, 6) is 1.07. The Hall–Kier alpha value is -3.95. The number of rotatable bonds is 6. The predicted molar refractivity (Wildman–Crippen MR) is 122 cm³/mol. The number of aromatic nitrogens is 1. The molecule has 4 atom stereocenters. The van der Waals surface area contributed by atoms with Gasteiger partial charge in [-0.15, -0.1) is 0 Å². The van der Waals surface area contributed by atoms with E-state index in [0.717, 1.165) is 5.75 Å². The summed E-state index contributed by atoms with van der Waals surface area (Å²) in [5.41, 5.74) is 0.880. The molecule has 3 heterocycles. The minimum Gasteiger partial charge on any atom is -0.457 e. The molecule has 9 nitrogen and oxygen atoms in total. The number of amides is 2. The molecule has 2 aliphatic heterocycles. The molecule has 174 valence electrons. The number of nitrogens with one attached hydrogen (secondary N) is 2. The molecule has 2 amide bonds. The van der Waals surface area contributed by atoms with Crippen LogP contribution in [0.25, 0.3) is 0 Å². The summed E-state index contributed by atoms with van der Waals surface area (Å²) in [6, 6.07) is 21.1. The van der Waals surface area contributed by atoms with Crippen molar-refractivity contribution in [3.05, 3.63) is 84.7 Å². The largest absolute Gasteiger partial charge is 0.457 e. The molecular formula is C25H23N3O6. The maximum Gasteiger partial charge on any atom is 0.412 e. The number of hydrogen-bond acceptors (Lipinski definition) is 7. The van der Waals surface area contributed by atoms with E-state index in [1.54, 1.807) is 48.7 Å². The lowest BCUT2D eigenvalue weighted by atomic mass is 10.1. The van der Waals surface area contributed by atoms with Crippen molar-refractivity contribution >= 4 is 17.7 Å². The van der Waals surface area contributed by atoms with Crippen molar-refractivity contribution in [3.8, 4) is 11.5 Å². The lowest BCUT2D eigenvalue weighted by Gasteiger charge is -2.18. The molecule has 2 fully saturated rings. The number of anilines is 1. The maximum atomic E-state index is 12.4. The standard InChI is InChI=1S/C25H23N3O6/c29-24(19-8-4-5-13-26-19)28-20-14-31-23-21(15-32-22(20)23)34-25(30)27-16-9-11-18(12-10-16)33-17-6-2-1-3-7-17/h1-13,20-23H,14-15H2,(H,27,30)(H,28,29)/t20-,21-,22-,23+/m0/s1. The fourth-order valence-corrected chi connectivity index (χ4v) is 3.94. The highest BCUT2D eigenvalue weighted by atomic mass is 16.6. The molecule has 0 unspecified atom stereocenters. The number of ether oxygens (including phenoxy) is 4. The van der Waals surface area contributed by atoms with E-state index in [4.69, 9.17) is 18.9 Å². The van der Waals surface area contributed by atoms with Crippen molar-refractivity contribution in [2.24, 2.45) is 0 Å². The van der Waals surface area contributed by atoms with E-state index in [0.29, 0.717) is 17.1 Å². The van der Waals surface area contributed by atoms with Crippen LogP contribution in [0, 0.1) is 0 Å². The number of para-hydroxylation sites is 1. The number of pyridine rings is 1. The Morgan fingerprint density at radius 1 is 0.853 bits per heavy atom. The van der Waals surface area contributed by atoms with Crippen LogP contribution in [0.4, 0.5) is 10.5 Å². The number of fused-ring (bicyclic) bond motifs is 1. The van der Waals surface area contributed by atoms with Crippen molar-refractivity contribution in [3.63, 3.8) is 0 Å². The van der Waals surface area contributed by atoms with Crippen LogP contribution < -0.4 is 15.4 Å². The molecule has 2 aliphatic rings. The zero-order chi connectivity index (χ0) is 23.3. The van der Waals surface area contributed by atoms with Gasteiger partial charge in [-0.25, -0.2) is 4.79 Å². The van der Waals surface area contributed by atoms with E-state index in [2.05, 4.69) is 15.6 Å². The molecule has 2 N–H and O–H groups in total. The molecule has 2 saturated heterocycles. The first-order chi connectivity index (χ1) is 16.7. The van der Waals surface area contributed by atoms with Crippen LogP contribution in [0.3, 0.4) is 0 Å². The monoisotopic (exact) mass is 461 g/mol. The summed E-state index contributed by atoms with van der Waals surface area (Å²) in [5, 5.41) is 5.58. The van der Waals surface area contributed by atoms with Crippen molar-refractivity contribution in [1.29, 1.82) is 0 Å². The van der Waals surface area contributed by atoms with Crippen LogP contribution in [0.5, 0.6) is 11.5 Å². The highest BCUT2D eigenvalue weighted by Crippen LogP contribution is 2.29. The lowest BCUT2D eigenvalue weighted by Crippen LogP contribution is -2.44. The summed E-state index contributed by atoms with van der Waals surface area (Å²) in [6.45, 7) is 0.445. The predicted octanol–water partition coefficient (Wildman–Crippen LogP) is 3.39. The fourth-order valence-electron chi connectivity index (χ4n) is 3.94. The number of carbonyl (C=O) groups is 2. The number of benzene rings is 2. The highest BCUT2D eigenvalue weighted by molar-refractivity contribution is 5.92. The molecule has 0 bridgehead atoms. The molecule has 5 rings (SSSR count). The van der Waals surface area contributed by atoms with Gasteiger partial charge in [0.1, 0.15) is 29.4 Å². The van der Waals surface area contributed by atoms with Gasteiger partial charge >= 0.3 is 6.09 Å². The van der Waals surface area contributed by atoms with Gasteiger partial charge in [-0.1, -0.05) is 24.3 Å². The van der Waals surface area contributed by atoms with Gasteiger partial charge in [0.15, 0.2) is 6.10 Å². The van der Waals surface area contributed by atoms with E-state index in [9.17, 15) is 9.59 Å². The van der Waals surface area contributed by atoms with Gasteiger partial charge in [0.2, 0.25) is 0 Å². The molecule has 0 radical (unpaired) electrons. The SMILES string of the molecule is O=C(Nc1ccc(Oc2ccccc2)cc1)O[C@H]1CO[C@@H]2[C@@H]1OC[C@@H]2NC(=O)c1ccccn1. The first-order valence-electron chi connectivity index (χ1n) is 10.9. The molecule has 1 aromatic heterocycles. The number of hydrogen-bond donors (Lipinski definition) is 2. The van der Waals surface area contributed by atoms with Crippen LogP contribution in [0.2, 0.25) is 0 Å². The van der Waals surface area contributed by atoms with Gasteiger partial charge < -0.3 is 24.3 Å². The smallest absolute Gasteiger partial charge is 0.412 e. The lowest BCUT2D eigenvalue weighted by molar-refractivity contribution is 0.00861. The van der Waals surface area contributed by atoms with Gasteiger partial charge in [-0.05, 0) is 48.5 Å². The zero-order valence-corrected chi connectivity index (χ0v) is 18.1. The molecule has 0 aliphatic carbocycles. The Morgan fingerprint density at radius 3 is 2.35 bits per heavy atom. The average Bonchev–Trinajstić information content (AvgIpc) is 3.45. The first-order valence-corrected chi connectivity index (χ1v) is 10.9. The van der Waals surface area contributed by atoms with Gasteiger partial charge in [-0.2, -0.15) is 0 Å².